The molecule has 2 rings (SSSR count). The molecule has 2 aromatic rings. The first kappa shape index (κ1) is 14.3. The molecule has 1 aromatic carbocycles. The Hall–Kier alpha value is -1.07. The van der Waals surface area contributed by atoms with Gasteiger partial charge in [-0.15, -0.1) is 0 Å². The molecule has 0 radical (unpaired) electrons. The van der Waals surface area contributed by atoms with Gasteiger partial charge in [0.15, 0.2) is 0 Å². The van der Waals surface area contributed by atoms with Crippen LogP contribution in [-0.2, 0) is 0 Å². The largest absolute Gasteiger partial charge is 0.253 e. The lowest BCUT2D eigenvalue weighted by molar-refractivity contribution is 0.874. The smallest absolute Gasteiger partial charge is 0.0711 e. The minimum Gasteiger partial charge on any atom is -0.253 e. The molecule has 1 aromatic heterocycles. The van der Waals surface area contributed by atoms with Gasteiger partial charge in [-0.3, -0.25) is 4.98 Å². The lowest BCUT2D eigenvalue weighted by atomic mass is 10.00. The lowest BCUT2D eigenvalue weighted by Crippen LogP contribution is -2.14. The van der Waals surface area contributed by atoms with Crippen molar-refractivity contribution in [2.45, 2.75) is 33.6 Å². The molecule has 0 amide bonds. The summed E-state index contributed by atoms with van der Waals surface area (Å²) in [5.74, 6) is 0.530. The van der Waals surface area contributed by atoms with Crippen molar-refractivity contribution in [2.75, 3.05) is 13.3 Å². The number of nitrogens with zero attached hydrogens (tertiary/aromatic N) is 1. The van der Waals surface area contributed by atoms with Gasteiger partial charge < -0.3 is 0 Å². The predicted octanol–water partition coefficient (Wildman–Crippen LogP) is 4.31. The predicted molar refractivity (Wildman–Crippen MR) is 90.8 cm³/mol. The monoisotopic (exact) mass is 273 g/mol. The highest BCUT2D eigenvalue weighted by atomic mass is 31.2. The van der Waals surface area contributed by atoms with E-state index in [0.717, 1.165) is 11.2 Å². The molecule has 0 spiro atoms. The fraction of sp³-hybridized carbons (Fsp3) is 0.412. The summed E-state index contributed by atoms with van der Waals surface area (Å²) < 4.78 is 0. The van der Waals surface area contributed by atoms with E-state index in [-0.39, 0.29) is 0 Å². The molecule has 0 atom stereocenters. The molecule has 102 valence electrons. The van der Waals surface area contributed by atoms with Crippen LogP contribution in [-0.4, -0.2) is 24.6 Å². The molecule has 0 fully saturated rings. The van der Waals surface area contributed by atoms with Crippen molar-refractivity contribution in [3.8, 4) is 0 Å². The summed E-state index contributed by atoms with van der Waals surface area (Å²) in [4.78, 5) is 4.74. The van der Waals surface area contributed by atoms with Crippen molar-refractivity contribution in [3.05, 3.63) is 35.0 Å². The van der Waals surface area contributed by atoms with Crippen LogP contribution in [0.2, 0.25) is 0 Å². The van der Waals surface area contributed by atoms with E-state index in [1.54, 1.807) is 0 Å². The number of benzene rings is 1. The molecule has 0 saturated carbocycles. The van der Waals surface area contributed by atoms with Gasteiger partial charge in [0.05, 0.1) is 5.52 Å². The third kappa shape index (κ3) is 2.62. The molecule has 19 heavy (non-hydrogen) atoms. The van der Waals surface area contributed by atoms with Gasteiger partial charge in [-0.1, -0.05) is 33.1 Å². The Morgan fingerprint density at radius 3 is 2.32 bits per heavy atom. The average Bonchev–Trinajstić information content (AvgIpc) is 2.27. The first-order valence-corrected chi connectivity index (χ1v) is 9.68. The molecular weight excluding hydrogens is 249 g/mol. The van der Waals surface area contributed by atoms with E-state index < -0.39 is 6.89 Å². The average molecular weight is 273 g/mol. The highest BCUT2D eigenvalue weighted by Crippen LogP contribution is 2.40. The maximum atomic E-state index is 4.74. The SMILES string of the molecule is C=P(C)(C)c1c(C(C)C)ccc2nc(C)c(C)cc12. The van der Waals surface area contributed by atoms with E-state index in [4.69, 9.17) is 4.98 Å². The minimum absolute atomic E-state index is 0.530. The van der Waals surface area contributed by atoms with E-state index in [1.165, 1.54) is 21.8 Å². The summed E-state index contributed by atoms with van der Waals surface area (Å²) in [5, 5.41) is 2.76. The van der Waals surface area contributed by atoms with Crippen molar-refractivity contribution in [2.24, 2.45) is 0 Å². The van der Waals surface area contributed by atoms with E-state index in [1.807, 2.05) is 0 Å². The normalized spacial score (nSPS) is 12.4. The molecule has 0 aliphatic rings. The van der Waals surface area contributed by atoms with Crippen LogP contribution in [0.5, 0.6) is 0 Å². The molecule has 0 aliphatic heterocycles. The van der Waals surface area contributed by atoms with Crippen molar-refractivity contribution < 1.29 is 0 Å². The number of hydrogen-bond donors (Lipinski definition) is 0. The van der Waals surface area contributed by atoms with Gasteiger partial charge in [0.25, 0.3) is 0 Å². The molecule has 1 heterocycles. The molecule has 0 aliphatic carbocycles. The second-order valence-corrected chi connectivity index (χ2v) is 10.1. The molecule has 2 heteroatoms. The zero-order chi connectivity index (χ0) is 14.4. The van der Waals surface area contributed by atoms with Crippen LogP contribution in [0.15, 0.2) is 18.2 Å². The van der Waals surface area contributed by atoms with Gasteiger partial charge in [0.2, 0.25) is 0 Å². The molecular formula is C17H24NP. The maximum Gasteiger partial charge on any atom is 0.0711 e. The molecule has 0 saturated heterocycles. The lowest BCUT2D eigenvalue weighted by Gasteiger charge is -2.23. The Balaban J connectivity index is 2.95. The van der Waals surface area contributed by atoms with E-state index in [9.17, 15) is 0 Å². The summed E-state index contributed by atoms with van der Waals surface area (Å²) >= 11 is 0. The van der Waals surface area contributed by atoms with Crippen LogP contribution >= 0.6 is 6.89 Å². The van der Waals surface area contributed by atoms with E-state index in [0.29, 0.717) is 5.92 Å². The van der Waals surface area contributed by atoms with E-state index >= 15 is 0 Å². The Labute approximate surface area is 117 Å². The Morgan fingerprint density at radius 1 is 1.16 bits per heavy atom. The van der Waals surface area contributed by atoms with Gasteiger partial charge in [0.1, 0.15) is 0 Å². The van der Waals surface area contributed by atoms with Crippen LogP contribution in [0.1, 0.15) is 36.6 Å². The second kappa shape index (κ2) is 4.80. The number of aromatic nitrogens is 1. The topological polar surface area (TPSA) is 12.9 Å². The fourth-order valence-corrected chi connectivity index (χ4v) is 4.45. The van der Waals surface area contributed by atoms with Gasteiger partial charge in [-0.2, -0.15) is 0 Å². The maximum absolute atomic E-state index is 4.74. The number of hydrogen-bond acceptors (Lipinski definition) is 1. The van der Waals surface area contributed by atoms with Gasteiger partial charge >= 0.3 is 0 Å². The number of rotatable bonds is 2. The van der Waals surface area contributed by atoms with Crippen LogP contribution in [0.4, 0.5) is 0 Å². The molecule has 0 N–H and O–H groups in total. The minimum atomic E-state index is -1.33. The van der Waals surface area contributed by atoms with Gasteiger partial charge in [-0.05, 0) is 61.7 Å². The molecule has 0 unspecified atom stereocenters. The zero-order valence-corrected chi connectivity index (χ0v) is 13.8. The highest BCUT2D eigenvalue weighted by Gasteiger charge is 2.17. The van der Waals surface area contributed by atoms with E-state index in [2.05, 4.69) is 65.5 Å². The van der Waals surface area contributed by atoms with Crippen LogP contribution in [0.3, 0.4) is 0 Å². The highest BCUT2D eigenvalue weighted by molar-refractivity contribution is 7.79. The van der Waals surface area contributed by atoms with Crippen LogP contribution in [0, 0.1) is 13.8 Å². The van der Waals surface area contributed by atoms with Gasteiger partial charge in [-0.25, -0.2) is 0 Å². The third-order valence-electron chi connectivity index (χ3n) is 3.67. The van der Waals surface area contributed by atoms with Crippen molar-refractivity contribution in [3.63, 3.8) is 0 Å². The van der Waals surface area contributed by atoms with Crippen molar-refractivity contribution >= 4 is 29.4 Å². The third-order valence-corrected chi connectivity index (χ3v) is 5.38. The van der Waals surface area contributed by atoms with Crippen molar-refractivity contribution in [1.82, 2.24) is 4.98 Å². The summed E-state index contributed by atoms with van der Waals surface area (Å²) in [6, 6.07) is 6.71. The number of aryl methyl sites for hydroxylation is 2. The molecule has 0 bridgehead atoms. The Bertz CT molecular complexity index is 677. The summed E-state index contributed by atoms with van der Waals surface area (Å²) in [5.41, 5.74) is 4.93. The van der Waals surface area contributed by atoms with Crippen LogP contribution < -0.4 is 5.30 Å². The Morgan fingerprint density at radius 2 is 1.79 bits per heavy atom. The standard InChI is InChI=1S/C17H24NP/c1-11(2)14-8-9-16-15(17(14)19(5,6)7)10-12(3)13(4)18-16/h8-11H,5H2,1-4,6-7H3. The number of fused-ring (bicyclic) bond motifs is 1. The second-order valence-electron chi connectivity index (χ2n) is 6.30. The van der Waals surface area contributed by atoms with Crippen LogP contribution in [0.25, 0.3) is 10.9 Å². The first-order valence-electron chi connectivity index (χ1n) is 6.81. The summed E-state index contributed by atoms with van der Waals surface area (Å²) in [6.07, 6.45) is 4.47. The summed E-state index contributed by atoms with van der Waals surface area (Å²) in [6.45, 7) is 12.0. The number of pyridine rings is 1. The fourth-order valence-electron chi connectivity index (χ4n) is 2.59. The quantitative estimate of drug-likeness (QED) is 0.743. The first-order chi connectivity index (χ1) is 8.71. The zero-order valence-electron chi connectivity index (χ0n) is 12.9. The summed E-state index contributed by atoms with van der Waals surface area (Å²) in [7, 11) is 0. The van der Waals surface area contributed by atoms with Crippen molar-refractivity contribution in [1.29, 1.82) is 0 Å². The Kier molecular flexibility index (Phi) is 3.62. The van der Waals surface area contributed by atoms with Gasteiger partial charge in [0, 0.05) is 11.1 Å². The molecule has 1 nitrogen and oxygen atoms in total.